The van der Waals surface area contributed by atoms with Gasteiger partial charge >= 0.3 is 0 Å². The molecule has 6 heteroatoms. The SMILES string of the molecule is Cn1ccnc1[C@@H](NC(=O)c1ccccc1Cl)c1cccc(F)c1. The van der Waals surface area contributed by atoms with Crippen molar-refractivity contribution in [3.8, 4) is 0 Å². The number of halogens is 2. The van der Waals surface area contributed by atoms with Crippen LogP contribution in [0, 0.1) is 5.82 Å². The first kappa shape index (κ1) is 16.2. The largest absolute Gasteiger partial charge is 0.338 e. The van der Waals surface area contributed by atoms with E-state index in [4.69, 9.17) is 11.6 Å². The second kappa shape index (κ2) is 6.84. The number of carbonyl (C=O) groups is 1. The quantitative estimate of drug-likeness (QED) is 0.784. The van der Waals surface area contributed by atoms with Crippen LogP contribution >= 0.6 is 11.6 Å². The Morgan fingerprint density at radius 3 is 2.71 bits per heavy atom. The summed E-state index contributed by atoms with van der Waals surface area (Å²) in [6.07, 6.45) is 3.40. The van der Waals surface area contributed by atoms with Gasteiger partial charge in [0.2, 0.25) is 0 Å². The standard InChI is InChI=1S/C18H15ClFN3O/c1-23-10-9-21-17(23)16(12-5-4-6-13(20)11-12)22-18(24)14-7-2-3-8-15(14)19/h2-11,16H,1H3,(H,22,24)/t16-/m0/s1. The first-order valence-corrected chi connectivity index (χ1v) is 7.72. The highest BCUT2D eigenvalue weighted by atomic mass is 35.5. The van der Waals surface area contributed by atoms with Crippen molar-refractivity contribution in [2.45, 2.75) is 6.04 Å². The van der Waals surface area contributed by atoms with Crippen LogP contribution in [0.5, 0.6) is 0 Å². The molecule has 0 aliphatic carbocycles. The third-order valence-electron chi connectivity index (χ3n) is 3.69. The fourth-order valence-corrected chi connectivity index (χ4v) is 2.71. The lowest BCUT2D eigenvalue weighted by atomic mass is 10.0. The van der Waals surface area contributed by atoms with Gasteiger partial charge in [-0.15, -0.1) is 0 Å². The van der Waals surface area contributed by atoms with Crippen molar-refractivity contribution in [2.75, 3.05) is 0 Å². The highest BCUT2D eigenvalue weighted by Crippen LogP contribution is 2.23. The molecule has 3 rings (SSSR count). The molecule has 4 nitrogen and oxygen atoms in total. The molecule has 0 unspecified atom stereocenters. The molecule has 0 bridgehead atoms. The number of aromatic nitrogens is 2. The third kappa shape index (κ3) is 3.31. The van der Waals surface area contributed by atoms with Crippen molar-refractivity contribution >= 4 is 17.5 Å². The monoisotopic (exact) mass is 343 g/mol. The van der Waals surface area contributed by atoms with Crippen LogP contribution in [0.1, 0.15) is 27.8 Å². The molecule has 0 radical (unpaired) electrons. The van der Waals surface area contributed by atoms with Crippen molar-refractivity contribution in [1.82, 2.24) is 14.9 Å². The van der Waals surface area contributed by atoms with Gasteiger partial charge in [-0.1, -0.05) is 35.9 Å². The summed E-state index contributed by atoms with van der Waals surface area (Å²) in [5.41, 5.74) is 0.958. The fourth-order valence-electron chi connectivity index (χ4n) is 2.49. The highest BCUT2D eigenvalue weighted by molar-refractivity contribution is 6.33. The molecule has 3 aromatic rings. The number of aryl methyl sites for hydroxylation is 1. The minimum atomic E-state index is -0.593. The third-order valence-corrected chi connectivity index (χ3v) is 4.02. The van der Waals surface area contributed by atoms with Crippen LogP contribution in [-0.4, -0.2) is 15.5 Å². The zero-order valence-corrected chi connectivity index (χ0v) is 13.7. The van der Waals surface area contributed by atoms with E-state index in [0.29, 0.717) is 22.0 Å². The van der Waals surface area contributed by atoms with Crippen molar-refractivity contribution in [3.05, 3.63) is 88.7 Å². The second-order valence-electron chi connectivity index (χ2n) is 5.34. The van der Waals surface area contributed by atoms with E-state index in [-0.39, 0.29) is 11.7 Å². The molecule has 0 fully saturated rings. The molecule has 0 saturated carbocycles. The maximum absolute atomic E-state index is 13.6. The number of amides is 1. The molecule has 1 N–H and O–H groups in total. The number of carbonyl (C=O) groups excluding carboxylic acids is 1. The van der Waals surface area contributed by atoms with Crippen LogP contribution in [0.2, 0.25) is 5.02 Å². The van der Waals surface area contributed by atoms with Crippen molar-refractivity contribution < 1.29 is 9.18 Å². The number of nitrogens with zero attached hydrogens (tertiary/aromatic N) is 2. The second-order valence-corrected chi connectivity index (χ2v) is 5.74. The molecule has 0 saturated heterocycles. The summed E-state index contributed by atoms with van der Waals surface area (Å²) in [6, 6.07) is 12.3. The minimum absolute atomic E-state index is 0.349. The molecule has 24 heavy (non-hydrogen) atoms. The lowest BCUT2D eigenvalue weighted by Crippen LogP contribution is -2.31. The van der Waals surface area contributed by atoms with Gasteiger partial charge in [-0.25, -0.2) is 9.37 Å². The molecule has 0 aliphatic rings. The summed E-state index contributed by atoms with van der Waals surface area (Å²) >= 11 is 6.09. The number of nitrogens with one attached hydrogen (secondary N) is 1. The van der Waals surface area contributed by atoms with E-state index in [9.17, 15) is 9.18 Å². The molecule has 1 amide bonds. The Labute approximate surface area is 143 Å². The average molecular weight is 344 g/mol. The van der Waals surface area contributed by atoms with Crippen LogP contribution in [0.25, 0.3) is 0 Å². The van der Waals surface area contributed by atoms with Crippen LogP contribution in [0.4, 0.5) is 4.39 Å². The number of benzene rings is 2. The zero-order valence-electron chi connectivity index (χ0n) is 12.9. The topological polar surface area (TPSA) is 46.9 Å². The molecule has 1 aromatic heterocycles. The van der Waals surface area contributed by atoms with Crippen LogP contribution < -0.4 is 5.32 Å². The fraction of sp³-hybridized carbons (Fsp3) is 0.111. The molecule has 2 aromatic carbocycles. The molecule has 1 atom stereocenters. The molecule has 122 valence electrons. The van der Waals surface area contributed by atoms with E-state index in [1.165, 1.54) is 12.1 Å². The van der Waals surface area contributed by atoms with Crippen molar-refractivity contribution in [2.24, 2.45) is 7.05 Å². The number of imidazole rings is 1. The van der Waals surface area contributed by atoms with E-state index in [2.05, 4.69) is 10.3 Å². The normalized spacial score (nSPS) is 12.0. The predicted octanol–water partition coefficient (Wildman–Crippen LogP) is 3.73. The molecular weight excluding hydrogens is 329 g/mol. The van der Waals surface area contributed by atoms with Crippen LogP contribution in [0.15, 0.2) is 60.9 Å². The van der Waals surface area contributed by atoms with E-state index in [1.807, 2.05) is 7.05 Å². The summed E-state index contributed by atoms with van der Waals surface area (Å²) in [4.78, 5) is 16.9. The van der Waals surface area contributed by atoms with Gasteiger partial charge in [0, 0.05) is 19.4 Å². The Morgan fingerprint density at radius 2 is 2.04 bits per heavy atom. The number of hydrogen-bond acceptors (Lipinski definition) is 2. The van der Waals surface area contributed by atoms with E-state index in [0.717, 1.165) is 0 Å². The van der Waals surface area contributed by atoms with Crippen LogP contribution in [-0.2, 0) is 7.05 Å². The number of rotatable bonds is 4. The first-order valence-electron chi connectivity index (χ1n) is 7.34. The Hall–Kier alpha value is -2.66. The van der Waals surface area contributed by atoms with Gasteiger partial charge in [0.15, 0.2) is 0 Å². The van der Waals surface area contributed by atoms with Gasteiger partial charge in [-0.2, -0.15) is 0 Å². The molecular formula is C18H15ClFN3O. The Kier molecular flexibility index (Phi) is 4.62. The molecule has 1 heterocycles. The summed E-state index contributed by atoms with van der Waals surface area (Å²) in [7, 11) is 1.82. The van der Waals surface area contributed by atoms with E-state index >= 15 is 0 Å². The summed E-state index contributed by atoms with van der Waals surface area (Å²) < 4.78 is 15.4. The predicted molar refractivity (Wildman–Crippen MR) is 90.4 cm³/mol. The van der Waals surface area contributed by atoms with E-state index in [1.54, 1.807) is 53.4 Å². The maximum Gasteiger partial charge on any atom is 0.253 e. The Balaban J connectivity index is 1.98. The number of hydrogen-bond donors (Lipinski definition) is 1. The van der Waals surface area contributed by atoms with Crippen molar-refractivity contribution in [3.63, 3.8) is 0 Å². The summed E-state index contributed by atoms with van der Waals surface area (Å²) in [6.45, 7) is 0. The average Bonchev–Trinajstić information content (AvgIpc) is 2.98. The van der Waals surface area contributed by atoms with Crippen molar-refractivity contribution in [1.29, 1.82) is 0 Å². The highest BCUT2D eigenvalue weighted by Gasteiger charge is 2.22. The molecule has 0 aliphatic heterocycles. The Bertz CT molecular complexity index is 878. The van der Waals surface area contributed by atoms with Gasteiger partial charge in [0.1, 0.15) is 17.7 Å². The smallest absolute Gasteiger partial charge is 0.253 e. The summed E-state index contributed by atoms with van der Waals surface area (Å²) in [5, 5.41) is 3.24. The zero-order chi connectivity index (χ0) is 17.1. The minimum Gasteiger partial charge on any atom is -0.338 e. The summed E-state index contributed by atoms with van der Waals surface area (Å²) in [5.74, 6) is -0.127. The van der Waals surface area contributed by atoms with Gasteiger partial charge in [-0.05, 0) is 29.8 Å². The van der Waals surface area contributed by atoms with E-state index < -0.39 is 6.04 Å². The lowest BCUT2D eigenvalue weighted by Gasteiger charge is -2.19. The van der Waals surface area contributed by atoms with Crippen LogP contribution in [0.3, 0.4) is 0 Å². The lowest BCUT2D eigenvalue weighted by molar-refractivity contribution is 0.0941. The van der Waals surface area contributed by atoms with Gasteiger partial charge < -0.3 is 9.88 Å². The van der Waals surface area contributed by atoms with Gasteiger partial charge in [-0.3, -0.25) is 4.79 Å². The first-order chi connectivity index (χ1) is 11.6. The maximum atomic E-state index is 13.6. The Morgan fingerprint density at radius 1 is 1.25 bits per heavy atom. The van der Waals surface area contributed by atoms with Gasteiger partial charge in [0.25, 0.3) is 5.91 Å². The van der Waals surface area contributed by atoms with Gasteiger partial charge in [0.05, 0.1) is 10.6 Å². The molecule has 0 spiro atoms.